The van der Waals surface area contributed by atoms with Crippen molar-refractivity contribution in [3.05, 3.63) is 105 Å². The molecule has 2 heterocycles. The number of fused-ring (bicyclic) bond motifs is 2. The first-order valence-corrected chi connectivity index (χ1v) is 10.2. The summed E-state index contributed by atoms with van der Waals surface area (Å²) in [5, 5.41) is 1.18. The molecule has 0 radical (unpaired) electrons. The van der Waals surface area contributed by atoms with Crippen LogP contribution in [0.1, 0.15) is 23.4 Å². The van der Waals surface area contributed by atoms with E-state index in [1.165, 1.54) is 0 Å². The first-order valence-electron chi connectivity index (χ1n) is 9.85. The summed E-state index contributed by atoms with van der Waals surface area (Å²) >= 11 is 6.09. The maximum absolute atomic E-state index is 12.8. The van der Waals surface area contributed by atoms with Gasteiger partial charge in [0, 0.05) is 11.6 Å². The molecule has 0 N–H and O–H groups in total. The fourth-order valence-electron chi connectivity index (χ4n) is 3.73. The van der Waals surface area contributed by atoms with Crippen molar-refractivity contribution in [2.45, 2.75) is 19.6 Å². The molecular formula is C25H19ClN2O2. The summed E-state index contributed by atoms with van der Waals surface area (Å²) in [5.74, 6) is 1.54. The van der Waals surface area contributed by atoms with Gasteiger partial charge in [-0.15, -0.1) is 0 Å². The first-order chi connectivity index (χ1) is 14.7. The average Bonchev–Trinajstić information content (AvgIpc) is 3.16. The second kappa shape index (κ2) is 7.81. The summed E-state index contributed by atoms with van der Waals surface area (Å²) in [7, 11) is 0. The number of hydrogen-bond acceptors (Lipinski definition) is 3. The van der Waals surface area contributed by atoms with E-state index in [-0.39, 0.29) is 5.56 Å². The summed E-state index contributed by atoms with van der Waals surface area (Å²) in [6, 6.07) is 23.3. The van der Waals surface area contributed by atoms with Crippen LogP contribution in [0.25, 0.3) is 22.6 Å². The third-order valence-corrected chi connectivity index (χ3v) is 5.51. The Bertz CT molecular complexity index is 1310. The van der Waals surface area contributed by atoms with Gasteiger partial charge < -0.3 is 4.74 Å². The lowest BCUT2D eigenvalue weighted by Crippen LogP contribution is -2.20. The molecule has 0 unspecified atom stereocenters. The molecule has 1 aliphatic heterocycles. The second-order valence-electron chi connectivity index (χ2n) is 7.32. The topological polar surface area (TPSA) is 44.1 Å². The van der Waals surface area contributed by atoms with Crippen LogP contribution in [0.4, 0.5) is 0 Å². The Morgan fingerprint density at radius 1 is 1.03 bits per heavy atom. The zero-order valence-electron chi connectivity index (χ0n) is 16.2. The largest absolute Gasteiger partial charge is 0.489 e. The van der Waals surface area contributed by atoms with Crippen molar-refractivity contribution < 1.29 is 4.74 Å². The molecule has 30 heavy (non-hydrogen) atoms. The molecule has 0 saturated carbocycles. The lowest BCUT2D eigenvalue weighted by atomic mass is 10.1. The molecule has 0 fully saturated rings. The van der Waals surface area contributed by atoms with Crippen LogP contribution in [-0.4, -0.2) is 9.55 Å². The SMILES string of the molecule is O=c1c2ccc(Cl)cc2nc2n1CC/C2=C\c1ccc(OCc2ccccc2)cc1. The van der Waals surface area contributed by atoms with E-state index in [1.54, 1.807) is 22.8 Å². The van der Waals surface area contributed by atoms with Crippen LogP contribution in [0.5, 0.6) is 5.75 Å². The molecule has 4 aromatic rings. The number of ether oxygens (including phenoxy) is 1. The van der Waals surface area contributed by atoms with Crippen molar-refractivity contribution in [2.75, 3.05) is 0 Å². The van der Waals surface area contributed by atoms with Crippen molar-refractivity contribution in [1.82, 2.24) is 9.55 Å². The van der Waals surface area contributed by atoms with E-state index >= 15 is 0 Å². The van der Waals surface area contributed by atoms with Crippen molar-refractivity contribution in [1.29, 1.82) is 0 Å². The van der Waals surface area contributed by atoms with Crippen LogP contribution >= 0.6 is 11.6 Å². The summed E-state index contributed by atoms with van der Waals surface area (Å²) in [5.41, 5.74) is 3.85. The molecule has 3 aromatic carbocycles. The monoisotopic (exact) mass is 414 g/mol. The molecular weight excluding hydrogens is 396 g/mol. The summed E-state index contributed by atoms with van der Waals surface area (Å²) < 4.78 is 7.61. The van der Waals surface area contributed by atoms with Gasteiger partial charge in [0.1, 0.15) is 18.2 Å². The quantitative estimate of drug-likeness (QED) is 0.438. The van der Waals surface area contributed by atoms with E-state index in [0.29, 0.717) is 29.1 Å². The van der Waals surface area contributed by atoms with Crippen molar-refractivity contribution in [2.24, 2.45) is 0 Å². The van der Waals surface area contributed by atoms with Gasteiger partial charge in [0.25, 0.3) is 5.56 Å². The highest BCUT2D eigenvalue weighted by atomic mass is 35.5. The standard InChI is InChI=1S/C25H19ClN2O2/c26-20-8-11-22-23(15-20)27-24-19(12-13-28(24)25(22)29)14-17-6-9-21(10-7-17)30-16-18-4-2-1-3-5-18/h1-11,14-15H,12-13,16H2/b19-14+. The van der Waals surface area contributed by atoms with Crippen LogP contribution in [0.15, 0.2) is 77.6 Å². The Kier molecular flexibility index (Phi) is 4.85. The smallest absolute Gasteiger partial charge is 0.261 e. The molecule has 0 bridgehead atoms. The minimum Gasteiger partial charge on any atom is -0.489 e. The van der Waals surface area contributed by atoms with Gasteiger partial charge >= 0.3 is 0 Å². The molecule has 0 amide bonds. The molecule has 5 rings (SSSR count). The zero-order chi connectivity index (χ0) is 20.5. The summed E-state index contributed by atoms with van der Waals surface area (Å²) in [6.45, 7) is 1.18. The molecule has 0 spiro atoms. The Balaban J connectivity index is 1.40. The maximum atomic E-state index is 12.8. The lowest BCUT2D eigenvalue weighted by molar-refractivity contribution is 0.306. The number of nitrogens with zero attached hydrogens (tertiary/aromatic N) is 2. The van der Waals surface area contributed by atoms with Crippen molar-refractivity contribution in [3.63, 3.8) is 0 Å². The van der Waals surface area contributed by atoms with Gasteiger partial charge in [0.05, 0.1) is 10.9 Å². The molecule has 1 aromatic heterocycles. The Morgan fingerprint density at radius 3 is 2.63 bits per heavy atom. The third-order valence-electron chi connectivity index (χ3n) is 5.28. The van der Waals surface area contributed by atoms with E-state index < -0.39 is 0 Å². The van der Waals surface area contributed by atoms with Crippen LogP contribution in [-0.2, 0) is 13.2 Å². The molecule has 0 saturated heterocycles. The van der Waals surface area contributed by atoms with E-state index in [2.05, 4.69) is 6.08 Å². The highest BCUT2D eigenvalue weighted by Crippen LogP contribution is 2.28. The fraction of sp³-hybridized carbons (Fsp3) is 0.120. The van der Waals surface area contributed by atoms with Crippen molar-refractivity contribution >= 4 is 34.2 Å². The van der Waals surface area contributed by atoms with Gasteiger partial charge in [0.2, 0.25) is 0 Å². The Hall–Kier alpha value is -3.37. The minimum absolute atomic E-state index is 0.0141. The lowest BCUT2D eigenvalue weighted by Gasteiger charge is -2.07. The Morgan fingerprint density at radius 2 is 1.83 bits per heavy atom. The number of rotatable bonds is 4. The number of aromatic nitrogens is 2. The van der Waals surface area contributed by atoms with Crippen LogP contribution in [0.2, 0.25) is 5.02 Å². The third kappa shape index (κ3) is 3.62. The van der Waals surface area contributed by atoms with E-state index in [4.69, 9.17) is 21.3 Å². The van der Waals surface area contributed by atoms with Gasteiger partial charge in [-0.3, -0.25) is 9.36 Å². The van der Waals surface area contributed by atoms with Gasteiger partial charge in [-0.2, -0.15) is 0 Å². The number of allylic oxidation sites excluding steroid dienone is 1. The molecule has 5 heteroatoms. The molecule has 0 atom stereocenters. The molecule has 148 valence electrons. The number of hydrogen-bond donors (Lipinski definition) is 0. The highest BCUT2D eigenvalue weighted by Gasteiger charge is 2.20. The summed E-state index contributed by atoms with van der Waals surface area (Å²) in [6.07, 6.45) is 2.86. The predicted octanol–water partition coefficient (Wildman–Crippen LogP) is 5.57. The van der Waals surface area contributed by atoms with Crippen LogP contribution < -0.4 is 10.3 Å². The highest BCUT2D eigenvalue weighted by molar-refractivity contribution is 6.31. The normalized spacial score (nSPS) is 14.2. The average molecular weight is 415 g/mol. The van der Waals surface area contributed by atoms with E-state index in [0.717, 1.165) is 34.7 Å². The van der Waals surface area contributed by atoms with Crippen LogP contribution in [0, 0.1) is 0 Å². The zero-order valence-corrected chi connectivity index (χ0v) is 17.0. The summed E-state index contributed by atoms with van der Waals surface area (Å²) in [4.78, 5) is 17.5. The van der Waals surface area contributed by atoms with E-state index in [9.17, 15) is 4.79 Å². The Labute approximate surface area is 179 Å². The van der Waals surface area contributed by atoms with E-state index in [1.807, 2.05) is 54.6 Å². The van der Waals surface area contributed by atoms with Gasteiger partial charge in [-0.25, -0.2) is 4.98 Å². The van der Waals surface area contributed by atoms with Crippen LogP contribution in [0.3, 0.4) is 0 Å². The molecule has 1 aliphatic rings. The fourth-order valence-corrected chi connectivity index (χ4v) is 3.90. The number of benzene rings is 3. The maximum Gasteiger partial charge on any atom is 0.261 e. The molecule has 4 nitrogen and oxygen atoms in total. The van der Waals surface area contributed by atoms with Gasteiger partial charge in [-0.1, -0.05) is 54.1 Å². The minimum atomic E-state index is -0.0141. The van der Waals surface area contributed by atoms with Gasteiger partial charge in [-0.05, 0) is 59.5 Å². The predicted molar refractivity (Wildman–Crippen MR) is 121 cm³/mol. The molecule has 0 aliphatic carbocycles. The van der Waals surface area contributed by atoms with Gasteiger partial charge in [0.15, 0.2) is 0 Å². The van der Waals surface area contributed by atoms with Crippen molar-refractivity contribution in [3.8, 4) is 5.75 Å². The first kappa shape index (κ1) is 18.6. The number of halogens is 1. The second-order valence-corrected chi connectivity index (χ2v) is 7.75.